The zero-order chi connectivity index (χ0) is 13.5. The molecule has 1 aromatic rings. The van der Waals surface area contributed by atoms with Crippen LogP contribution < -0.4 is 15.8 Å². The number of nitrogens with two attached hydrogens (primary N) is 1. The molecular formula is C13H24N4O. The highest BCUT2D eigenvalue weighted by Gasteiger charge is 2.07. The molecule has 0 saturated heterocycles. The Bertz CT molecular complexity index is 368. The van der Waals surface area contributed by atoms with Gasteiger partial charge in [0.15, 0.2) is 0 Å². The number of aromatic nitrogens is 1. The maximum atomic E-state index is 5.78. The topological polar surface area (TPSA) is 63.4 Å². The molecule has 0 spiro atoms. The van der Waals surface area contributed by atoms with Crippen molar-refractivity contribution in [2.24, 2.45) is 0 Å². The average molecular weight is 252 g/mol. The van der Waals surface area contributed by atoms with E-state index in [0.29, 0.717) is 24.2 Å². The van der Waals surface area contributed by atoms with Gasteiger partial charge < -0.3 is 20.7 Å². The summed E-state index contributed by atoms with van der Waals surface area (Å²) in [5.74, 6) is 1.31. The van der Waals surface area contributed by atoms with Crippen molar-refractivity contribution in [2.75, 3.05) is 38.3 Å². The SMILES string of the molecule is CCOc1nc(NC(C)CCN(C)C)ccc1N. The van der Waals surface area contributed by atoms with Crippen LogP contribution in [0.5, 0.6) is 5.88 Å². The minimum absolute atomic E-state index is 0.359. The fourth-order valence-electron chi connectivity index (χ4n) is 1.56. The summed E-state index contributed by atoms with van der Waals surface area (Å²) in [5.41, 5.74) is 6.36. The lowest BCUT2D eigenvalue weighted by atomic mass is 10.2. The molecule has 102 valence electrons. The summed E-state index contributed by atoms with van der Waals surface area (Å²) in [4.78, 5) is 6.52. The van der Waals surface area contributed by atoms with Gasteiger partial charge in [0.2, 0.25) is 5.88 Å². The van der Waals surface area contributed by atoms with E-state index in [9.17, 15) is 0 Å². The largest absolute Gasteiger partial charge is 0.476 e. The van der Waals surface area contributed by atoms with Gasteiger partial charge in [-0.15, -0.1) is 0 Å². The van der Waals surface area contributed by atoms with Gasteiger partial charge in [-0.25, -0.2) is 0 Å². The number of hydrogen-bond donors (Lipinski definition) is 2. The highest BCUT2D eigenvalue weighted by molar-refractivity contribution is 5.53. The monoisotopic (exact) mass is 252 g/mol. The van der Waals surface area contributed by atoms with Crippen LogP contribution in [-0.4, -0.2) is 43.2 Å². The van der Waals surface area contributed by atoms with Gasteiger partial charge in [0.05, 0.1) is 12.3 Å². The van der Waals surface area contributed by atoms with Crippen LogP contribution in [0.15, 0.2) is 12.1 Å². The molecule has 0 fully saturated rings. The third kappa shape index (κ3) is 4.79. The van der Waals surface area contributed by atoms with Gasteiger partial charge in [-0.1, -0.05) is 0 Å². The molecule has 5 nitrogen and oxygen atoms in total. The summed E-state index contributed by atoms with van der Waals surface area (Å²) in [6.45, 7) is 5.67. The molecule has 1 unspecified atom stereocenters. The maximum absolute atomic E-state index is 5.78. The van der Waals surface area contributed by atoms with Crippen LogP contribution >= 0.6 is 0 Å². The first-order chi connectivity index (χ1) is 8.52. The molecule has 0 aliphatic rings. The lowest BCUT2D eigenvalue weighted by Gasteiger charge is -2.17. The summed E-state index contributed by atoms with van der Waals surface area (Å²) in [6, 6.07) is 4.06. The highest BCUT2D eigenvalue weighted by atomic mass is 16.5. The number of rotatable bonds is 7. The second-order valence-electron chi connectivity index (χ2n) is 4.66. The smallest absolute Gasteiger partial charge is 0.239 e. The molecule has 5 heteroatoms. The molecule has 0 aliphatic heterocycles. The lowest BCUT2D eigenvalue weighted by Crippen LogP contribution is -2.23. The van der Waals surface area contributed by atoms with Gasteiger partial charge in [0, 0.05) is 6.04 Å². The molecule has 0 amide bonds. The quantitative estimate of drug-likeness (QED) is 0.775. The molecular weight excluding hydrogens is 228 g/mol. The Morgan fingerprint density at radius 1 is 1.44 bits per heavy atom. The standard InChI is InChI=1S/C13H24N4O/c1-5-18-13-11(14)6-7-12(16-13)15-10(2)8-9-17(3)4/h6-7,10H,5,8-9,14H2,1-4H3,(H,15,16). The van der Waals surface area contributed by atoms with E-state index in [0.717, 1.165) is 18.8 Å². The zero-order valence-electron chi connectivity index (χ0n) is 11.7. The molecule has 0 aromatic carbocycles. The Kier molecular flexibility index (Phi) is 5.71. The molecule has 18 heavy (non-hydrogen) atoms. The predicted octanol–water partition coefficient (Wildman–Crippen LogP) is 1.81. The van der Waals surface area contributed by atoms with Crippen LogP contribution in [-0.2, 0) is 0 Å². The highest BCUT2D eigenvalue weighted by Crippen LogP contribution is 2.21. The summed E-state index contributed by atoms with van der Waals surface area (Å²) >= 11 is 0. The van der Waals surface area contributed by atoms with Gasteiger partial charge in [-0.05, 0) is 53.0 Å². The summed E-state index contributed by atoms with van der Waals surface area (Å²) in [7, 11) is 4.14. The van der Waals surface area contributed by atoms with Crippen LogP contribution in [0.4, 0.5) is 11.5 Å². The average Bonchev–Trinajstić information content (AvgIpc) is 2.31. The molecule has 1 aromatic heterocycles. The van der Waals surface area contributed by atoms with Crippen molar-refractivity contribution in [1.82, 2.24) is 9.88 Å². The van der Waals surface area contributed by atoms with Gasteiger partial charge in [0.1, 0.15) is 5.82 Å². The minimum atomic E-state index is 0.359. The molecule has 3 N–H and O–H groups in total. The van der Waals surface area contributed by atoms with Crippen LogP contribution in [0.1, 0.15) is 20.3 Å². The number of ether oxygens (including phenoxy) is 1. The number of nitrogen functional groups attached to an aromatic ring is 1. The van der Waals surface area contributed by atoms with E-state index >= 15 is 0 Å². The summed E-state index contributed by atoms with van der Waals surface area (Å²) in [6.07, 6.45) is 1.06. The fourth-order valence-corrected chi connectivity index (χ4v) is 1.56. The van der Waals surface area contributed by atoms with Crippen LogP contribution in [0.3, 0.4) is 0 Å². The Morgan fingerprint density at radius 2 is 2.17 bits per heavy atom. The van der Waals surface area contributed by atoms with Crippen molar-refractivity contribution in [3.8, 4) is 5.88 Å². The first kappa shape index (κ1) is 14.6. The lowest BCUT2D eigenvalue weighted by molar-refractivity contribution is 0.329. The molecule has 0 radical (unpaired) electrons. The predicted molar refractivity (Wildman–Crippen MR) is 76.1 cm³/mol. The van der Waals surface area contributed by atoms with Crippen LogP contribution in [0, 0.1) is 0 Å². The van der Waals surface area contributed by atoms with Crippen molar-refractivity contribution in [3.05, 3.63) is 12.1 Å². The molecule has 0 aliphatic carbocycles. The maximum Gasteiger partial charge on any atom is 0.239 e. The van der Waals surface area contributed by atoms with Crippen molar-refractivity contribution < 1.29 is 4.74 Å². The van der Waals surface area contributed by atoms with E-state index in [-0.39, 0.29) is 0 Å². The third-order valence-corrected chi connectivity index (χ3v) is 2.57. The van der Waals surface area contributed by atoms with Crippen molar-refractivity contribution in [3.63, 3.8) is 0 Å². The second kappa shape index (κ2) is 7.06. The van der Waals surface area contributed by atoms with E-state index in [1.807, 2.05) is 19.1 Å². The van der Waals surface area contributed by atoms with E-state index in [4.69, 9.17) is 10.5 Å². The molecule has 0 saturated carbocycles. The first-order valence-electron chi connectivity index (χ1n) is 6.33. The minimum Gasteiger partial charge on any atom is -0.476 e. The van der Waals surface area contributed by atoms with Crippen LogP contribution in [0.25, 0.3) is 0 Å². The summed E-state index contributed by atoms with van der Waals surface area (Å²) < 4.78 is 5.37. The van der Waals surface area contributed by atoms with E-state index in [2.05, 4.69) is 36.2 Å². The van der Waals surface area contributed by atoms with Gasteiger partial charge in [0.25, 0.3) is 0 Å². The Labute approximate surface area is 109 Å². The number of pyridine rings is 1. The van der Waals surface area contributed by atoms with Crippen molar-refractivity contribution in [1.29, 1.82) is 0 Å². The van der Waals surface area contributed by atoms with Gasteiger partial charge in [-0.2, -0.15) is 4.98 Å². The Hall–Kier alpha value is -1.49. The molecule has 1 rings (SSSR count). The number of anilines is 2. The molecule has 1 heterocycles. The Balaban J connectivity index is 2.58. The van der Waals surface area contributed by atoms with Crippen molar-refractivity contribution in [2.45, 2.75) is 26.3 Å². The molecule has 0 bridgehead atoms. The van der Waals surface area contributed by atoms with E-state index in [1.165, 1.54) is 0 Å². The van der Waals surface area contributed by atoms with Crippen molar-refractivity contribution >= 4 is 11.5 Å². The molecule has 1 atom stereocenters. The van der Waals surface area contributed by atoms with Gasteiger partial charge >= 0.3 is 0 Å². The van der Waals surface area contributed by atoms with E-state index < -0.39 is 0 Å². The van der Waals surface area contributed by atoms with E-state index in [1.54, 1.807) is 0 Å². The third-order valence-electron chi connectivity index (χ3n) is 2.57. The van der Waals surface area contributed by atoms with Gasteiger partial charge in [-0.3, -0.25) is 0 Å². The summed E-state index contributed by atoms with van der Waals surface area (Å²) in [5, 5.41) is 3.35. The number of hydrogen-bond acceptors (Lipinski definition) is 5. The normalized spacial score (nSPS) is 12.5. The zero-order valence-corrected chi connectivity index (χ0v) is 11.7. The number of nitrogens with one attached hydrogen (secondary N) is 1. The van der Waals surface area contributed by atoms with Crippen LogP contribution in [0.2, 0.25) is 0 Å². The fraction of sp³-hybridized carbons (Fsp3) is 0.615. The number of nitrogens with zero attached hydrogens (tertiary/aromatic N) is 2. The Morgan fingerprint density at radius 3 is 2.78 bits per heavy atom. The first-order valence-corrected chi connectivity index (χ1v) is 6.33. The second-order valence-corrected chi connectivity index (χ2v) is 4.66.